The molecule has 0 bridgehead atoms. The highest BCUT2D eigenvalue weighted by molar-refractivity contribution is 6.18. The van der Waals surface area contributed by atoms with Crippen LogP contribution in [-0.4, -0.2) is 36.2 Å². The number of carbonyl (C=O) groups excluding carboxylic acids is 1. The summed E-state index contributed by atoms with van der Waals surface area (Å²) in [6.07, 6.45) is -2.63. The van der Waals surface area contributed by atoms with Crippen LogP contribution in [-0.2, 0) is 0 Å². The predicted molar refractivity (Wildman–Crippen MR) is 63.8 cm³/mol. The van der Waals surface area contributed by atoms with Crippen molar-refractivity contribution in [3.63, 3.8) is 0 Å². The molecule has 1 aromatic rings. The number of carbonyl (C=O) groups is 1. The lowest BCUT2D eigenvalue weighted by Crippen LogP contribution is -2.37. The van der Waals surface area contributed by atoms with Crippen LogP contribution in [0.4, 0.5) is 13.2 Å². The molecule has 2 nitrogen and oxygen atoms in total. The molecule has 0 aliphatic rings. The molecular formula is C12H13ClF3NO. The molecule has 0 unspecified atom stereocenters. The zero-order chi connectivity index (χ0) is 13.7. The van der Waals surface area contributed by atoms with Gasteiger partial charge in [-0.15, -0.1) is 11.6 Å². The topological polar surface area (TPSA) is 20.3 Å². The van der Waals surface area contributed by atoms with E-state index in [2.05, 4.69) is 0 Å². The number of benzene rings is 1. The first-order valence-electron chi connectivity index (χ1n) is 5.35. The zero-order valence-electron chi connectivity index (χ0n) is 9.80. The molecule has 0 saturated heterocycles. The summed E-state index contributed by atoms with van der Waals surface area (Å²) in [6, 6.07) is 3.61. The Hall–Kier alpha value is -1.23. The number of rotatable bonds is 5. The lowest BCUT2D eigenvalue weighted by molar-refractivity contribution is 0.0570. The second kappa shape index (κ2) is 6.64. The first-order valence-corrected chi connectivity index (χ1v) is 5.88. The summed E-state index contributed by atoms with van der Waals surface area (Å²) < 4.78 is 37.6. The Morgan fingerprint density at radius 2 is 2.11 bits per heavy atom. The number of alkyl halides is 3. The third kappa shape index (κ3) is 3.91. The minimum atomic E-state index is -2.63. The number of nitrogens with zero attached hydrogens (tertiary/aromatic N) is 1. The highest BCUT2D eigenvalue weighted by Gasteiger charge is 2.20. The Balaban J connectivity index is 2.94. The fourth-order valence-electron chi connectivity index (χ4n) is 1.58. The molecule has 1 rings (SSSR count). The smallest absolute Gasteiger partial charge is 0.255 e. The lowest BCUT2D eigenvalue weighted by Gasteiger charge is -2.22. The molecule has 0 radical (unpaired) electrons. The average Bonchev–Trinajstić information content (AvgIpc) is 2.27. The fourth-order valence-corrected chi connectivity index (χ4v) is 1.79. The molecule has 0 aliphatic heterocycles. The Morgan fingerprint density at radius 3 is 2.61 bits per heavy atom. The molecule has 0 heterocycles. The van der Waals surface area contributed by atoms with Crippen LogP contribution in [0.5, 0.6) is 0 Å². The van der Waals surface area contributed by atoms with Gasteiger partial charge in [0.1, 0.15) is 5.82 Å². The van der Waals surface area contributed by atoms with Crippen molar-refractivity contribution in [3.05, 3.63) is 35.1 Å². The third-order valence-corrected chi connectivity index (χ3v) is 2.59. The van der Waals surface area contributed by atoms with E-state index < -0.39 is 24.7 Å². The predicted octanol–water partition coefficient (Wildman–Crippen LogP) is 3.08. The first kappa shape index (κ1) is 14.8. The molecule has 0 fully saturated rings. The Kier molecular flexibility index (Phi) is 5.47. The van der Waals surface area contributed by atoms with Crippen molar-refractivity contribution in [2.24, 2.45) is 0 Å². The van der Waals surface area contributed by atoms with Gasteiger partial charge in [-0.1, -0.05) is 0 Å². The molecule has 0 N–H and O–H groups in total. The summed E-state index contributed by atoms with van der Waals surface area (Å²) >= 11 is 5.48. The van der Waals surface area contributed by atoms with Crippen LogP contribution in [0.2, 0.25) is 0 Å². The van der Waals surface area contributed by atoms with E-state index in [-0.39, 0.29) is 18.0 Å². The molecule has 6 heteroatoms. The number of hydrogen-bond donors (Lipinski definition) is 0. The number of halogens is 4. The van der Waals surface area contributed by atoms with Gasteiger partial charge < -0.3 is 4.90 Å². The molecule has 18 heavy (non-hydrogen) atoms. The summed E-state index contributed by atoms with van der Waals surface area (Å²) in [6.45, 7) is 0.904. The lowest BCUT2D eigenvalue weighted by atomic mass is 10.1. The van der Waals surface area contributed by atoms with Crippen LogP contribution in [0.3, 0.4) is 0 Å². The van der Waals surface area contributed by atoms with E-state index in [4.69, 9.17) is 11.6 Å². The Bertz CT molecular complexity index is 426. The highest BCUT2D eigenvalue weighted by atomic mass is 35.5. The SMILES string of the molecule is Cc1cc(F)ccc1C(=O)N(CCCl)CC(F)F. The standard InChI is InChI=1S/C12H13ClF3NO/c1-8-6-9(14)2-3-10(8)12(18)17(5-4-13)7-11(15)16/h2-3,6,11H,4-5,7H2,1H3. The van der Waals surface area contributed by atoms with E-state index >= 15 is 0 Å². The highest BCUT2D eigenvalue weighted by Crippen LogP contribution is 2.14. The molecule has 0 aliphatic carbocycles. The van der Waals surface area contributed by atoms with Crippen LogP contribution in [0.25, 0.3) is 0 Å². The molecule has 1 amide bonds. The maximum Gasteiger partial charge on any atom is 0.255 e. The van der Waals surface area contributed by atoms with E-state index in [1.807, 2.05) is 0 Å². The average molecular weight is 280 g/mol. The monoisotopic (exact) mass is 279 g/mol. The third-order valence-electron chi connectivity index (χ3n) is 2.42. The van der Waals surface area contributed by atoms with Gasteiger partial charge in [0.2, 0.25) is 0 Å². The molecule has 0 atom stereocenters. The van der Waals surface area contributed by atoms with Crippen molar-refractivity contribution in [3.8, 4) is 0 Å². The number of hydrogen-bond acceptors (Lipinski definition) is 1. The summed E-state index contributed by atoms with van der Waals surface area (Å²) in [4.78, 5) is 13.0. The van der Waals surface area contributed by atoms with Crippen LogP contribution in [0.1, 0.15) is 15.9 Å². The zero-order valence-corrected chi connectivity index (χ0v) is 10.6. The fraction of sp³-hybridized carbons (Fsp3) is 0.417. The molecule has 0 aromatic heterocycles. The molecule has 0 saturated carbocycles. The maximum absolute atomic E-state index is 12.9. The van der Waals surface area contributed by atoms with E-state index in [0.29, 0.717) is 5.56 Å². The van der Waals surface area contributed by atoms with E-state index in [0.717, 1.165) is 11.0 Å². The van der Waals surface area contributed by atoms with Crippen molar-refractivity contribution in [2.75, 3.05) is 19.0 Å². The van der Waals surface area contributed by atoms with Gasteiger partial charge in [0.15, 0.2) is 0 Å². The van der Waals surface area contributed by atoms with Crippen molar-refractivity contribution in [1.29, 1.82) is 0 Å². The van der Waals surface area contributed by atoms with E-state index in [1.54, 1.807) is 6.92 Å². The largest absolute Gasteiger partial charge is 0.332 e. The molecular weight excluding hydrogens is 267 g/mol. The van der Waals surface area contributed by atoms with Gasteiger partial charge >= 0.3 is 0 Å². The van der Waals surface area contributed by atoms with Gasteiger partial charge in [0, 0.05) is 18.0 Å². The van der Waals surface area contributed by atoms with Crippen LogP contribution in [0, 0.1) is 12.7 Å². The quantitative estimate of drug-likeness (QED) is 0.759. The van der Waals surface area contributed by atoms with Gasteiger partial charge in [-0.3, -0.25) is 4.79 Å². The molecule has 0 spiro atoms. The minimum absolute atomic E-state index is 0.0293. The summed E-state index contributed by atoms with van der Waals surface area (Å²) in [5.74, 6) is -0.964. The van der Waals surface area contributed by atoms with E-state index in [1.165, 1.54) is 12.1 Å². The first-order chi connectivity index (χ1) is 8.45. The molecule has 100 valence electrons. The van der Waals surface area contributed by atoms with Crippen molar-refractivity contribution >= 4 is 17.5 Å². The maximum atomic E-state index is 12.9. The van der Waals surface area contributed by atoms with Gasteiger partial charge in [0.05, 0.1) is 6.54 Å². The Morgan fingerprint density at radius 1 is 1.44 bits per heavy atom. The van der Waals surface area contributed by atoms with Crippen molar-refractivity contribution in [1.82, 2.24) is 4.90 Å². The molecule has 1 aromatic carbocycles. The van der Waals surface area contributed by atoms with Gasteiger partial charge in [-0.2, -0.15) is 0 Å². The number of aryl methyl sites for hydroxylation is 1. The van der Waals surface area contributed by atoms with Crippen molar-refractivity contribution in [2.45, 2.75) is 13.3 Å². The summed E-state index contributed by atoms with van der Waals surface area (Å²) in [5, 5.41) is 0. The second-order valence-corrected chi connectivity index (χ2v) is 4.17. The minimum Gasteiger partial charge on any atom is -0.332 e. The normalized spacial score (nSPS) is 10.8. The van der Waals surface area contributed by atoms with Crippen molar-refractivity contribution < 1.29 is 18.0 Å². The Labute approximate surface area is 108 Å². The number of amides is 1. The summed E-state index contributed by atoms with van der Waals surface area (Å²) in [7, 11) is 0. The van der Waals surface area contributed by atoms with Crippen LogP contribution in [0.15, 0.2) is 18.2 Å². The summed E-state index contributed by atoms with van der Waals surface area (Å²) in [5.41, 5.74) is 0.621. The van der Waals surface area contributed by atoms with E-state index in [9.17, 15) is 18.0 Å². The second-order valence-electron chi connectivity index (χ2n) is 3.79. The van der Waals surface area contributed by atoms with Crippen LogP contribution < -0.4 is 0 Å². The van der Waals surface area contributed by atoms with Gasteiger partial charge in [-0.25, -0.2) is 13.2 Å². The van der Waals surface area contributed by atoms with Crippen LogP contribution >= 0.6 is 11.6 Å². The van der Waals surface area contributed by atoms with Gasteiger partial charge in [0.25, 0.3) is 12.3 Å². The van der Waals surface area contributed by atoms with Gasteiger partial charge in [-0.05, 0) is 30.7 Å².